The lowest BCUT2D eigenvalue weighted by Crippen LogP contribution is -2.46. The Morgan fingerprint density at radius 2 is 2.03 bits per heavy atom. The van der Waals surface area contributed by atoms with E-state index in [1.165, 1.54) is 6.07 Å². The maximum absolute atomic E-state index is 13.9. The van der Waals surface area contributed by atoms with E-state index in [9.17, 15) is 9.18 Å². The largest absolute Gasteiger partial charge is 0.404 e. The Bertz CT molecular complexity index is 940. The summed E-state index contributed by atoms with van der Waals surface area (Å²) < 4.78 is 19.4. The summed E-state index contributed by atoms with van der Waals surface area (Å²) in [5.41, 5.74) is 13.0. The van der Waals surface area contributed by atoms with Crippen LogP contribution in [0, 0.1) is 11.2 Å². The maximum Gasteiger partial charge on any atom is 0.251 e. The number of hydrogen-bond donors (Lipinski definition) is 3. The van der Waals surface area contributed by atoms with E-state index in [4.69, 9.17) is 16.2 Å². The van der Waals surface area contributed by atoms with Gasteiger partial charge in [0.2, 0.25) is 0 Å². The number of nitrogens with zero attached hydrogens (tertiary/aromatic N) is 2. The summed E-state index contributed by atoms with van der Waals surface area (Å²) in [4.78, 5) is 22.0. The van der Waals surface area contributed by atoms with Crippen LogP contribution in [0.5, 0.6) is 0 Å². The van der Waals surface area contributed by atoms with Gasteiger partial charge in [0.1, 0.15) is 17.2 Å². The number of halogens is 1. The molecule has 3 heterocycles. The highest BCUT2D eigenvalue weighted by molar-refractivity contribution is 6.04. The minimum absolute atomic E-state index is 0.0679. The third-order valence-corrected chi connectivity index (χ3v) is 6.50. The Morgan fingerprint density at radius 1 is 1.34 bits per heavy atom. The van der Waals surface area contributed by atoms with Crippen molar-refractivity contribution in [1.82, 2.24) is 14.9 Å². The fraction of sp³-hybridized carbons (Fsp3) is 0.524. The summed E-state index contributed by atoms with van der Waals surface area (Å²) in [5.74, 6) is -0.671. The SMILES string of the molecule is CC1(C(=CN)c2nc3c(C(N)=O)cc(F)cc3[nH]2)CCN(C2CCOCC2)CC1. The van der Waals surface area contributed by atoms with Crippen molar-refractivity contribution in [2.24, 2.45) is 16.9 Å². The van der Waals surface area contributed by atoms with Crippen LogP contribution in [0.2, 0.25) is 0 Å². The average molecular weight is 401 g/mol. The van der Waals surface area contributed by atoms with Crippen LogP contribution >= 0.6 is 0 Å². The zero-order chi connectivity index (χ0) is 20.6. The van der Waals surface area contributed by atoms with Crippen molar-refractivity contribution in [3.8, 4) is 0 Å². The van der Waals surface area contributed by atoms with Crippen molar-refractivity contribution >= 4 is 22.5 Å². The topological polar surface area (TPSA) is 110 Å². The predicted octanol–water partition coefficient (Wildman–Crippen LogP) is 2.38. The van der Waals surface area contributed by atoms with Crippen LogP contribution in [0.25, 0.3) is 16.6 Å². The van der Waals surface area contributed by atoms with E-state index in [0.29, 0.717) is 22.9 Å². The van der Waals surface area contributed by atoms with Gasteiger partial charge in [-0.2, -0.15) is 0 Å². The Kier molecular flexibility index (Phi) is 5.31. The van der Waals surface area contributed by atoms with Crippen molar-refractivity contribution in [3.05, 3.63) is 35.5 Å². The summed E-state index contributed by atoms with van der Waals surface area (Å²) in [7, 11) is 0. The number of benzene rings is 1. The van der Waals surface area contributed by atoms with Gasteiger partial charge in [-0.15, -0.1) is 0 Å². The van der Waals surface area contributed by atoms with Crippen molar-refractivity contribution in [2.75, 3.05) is 26.3 Å². The Morgan fingerprint density at radius 3 is 2.66 bits per heavy atom. The molecule has 7 nitrogen and oxygen atoms in total. The van der Waals surface area contributed by atoms with Gasteiger partial charge >= 0.3 is 0 Å². The van der Waals surface area contributed by atoms with Crippen LogP contribution in [-0.2, 0) is 4.74 Å². The molecule has 0 aliphatic carbocycles. The zero-order valence-corrected chi connectivity index (χ0v) is 16.7. The van der Waals surface area contributed by atoms with Gasteiger partial charge in [0.15, 0.2) is 0 Å². The Balaban J connectivity index is 1.59. The van der Waals surface area contributed by atoms with Gasteiger partial charge in [-0.05, 0) is 56.3 Å². The molecule has 2 aliphatic heterocycles. The molecular weight excluding hydrogens is 373 g/mol. The summed E-state index contributed by atoms with van der Waals surface area (Å²) in [6, 6.07) is 3.03. The fourth-order valence-corrected chi connectivity index (χ4v) is 4.67. The normalized spacial score (nSPS) is 21.5. The molecule has 0 bridgehead atoms. The number of ether oxygens (including phenoxy) is 1. The molecule has 8 heteroatoms. The molecule has 2 aromatic rings. The molecule has 4 rings (SSSR count). The lowest BCUT2D eigenvalue weighted by Gasteiger charge is -2.44. The predicted molar refractivity (Wildman–Crippen MR) is 109 cm³/mol. The molecule has 1 aromatic heterocycles. The van der Waals surface area contributed by atoms with Crippen molar-refractivity contribution in [3.63, 3.8) is 0 Å². The van der Waals surface area contributed by atoms with Gasteiger partial charge in [0, 0.05) is 31.0 Å². The second-order valence-corrected chi connectivity index (χ2v) is 8.32. The molecule has 0 saturated carbocycles. The first kappa shape index (κ1) is 19.8. The van der Waals surface area contributed by atoms with Crippen molar-refractivity contribution < 1.29 is 13.9 Å². The molecule has 2 saturated heterocycles. The van der Waals surface area contributed by atoms with E-state index in [0.717, 1.165) is 63.6 Å². The lowest BCUT2D eigenvalue weighted by molar-refractivity contribution is 0.0165. The van der Waals surface area contributed by atoms with Crippen LogP contribution in [0.1, 0.15) is 48.8 Å². The summed E-state index contributed by atoms with van der Waals surface area (Å²) in [5, 5.41) is 0. The molecular formula is C21H28FN5O2. The average Bonchev–Trinajstić information content (AvgIpc) is 3.12. The highest BCUT2D eigenvalue weighted by Gasteiger charge is 2.37. The van der Waals surface area contributed by atoms with Crippen LogP contribution in [0.15, 0.2) is 18.3 Å². The number of rotatable bonds is 4. The van der Waals surface area contributed by atoms with E-state index >= 15 is 0 Å². The number of carbonyl (C=O) groups is 1. The van der Waals surface area contributed by atoms with Crippen LogP contribution in [0.4, 0.5) is 4.39 Å². The summed E-state index contributed by atoms with van der Waals surface area (Å²) in [6.45, 7) is 5.84. The first-order valence-corrected chi connectivity index (χ1v) is 10.1. The van der Waals surface area contributed by atoms with Crippen LogP contribution < -0.4 is 11.5 Å². The van der Waals surface area contributed by atoms with Gasteiger partial charge in [0.25, 0.3) is 5.91 Å². The first-order chi connectivity index (χ1) is 13.9. The second kappa shape index (κ2) is 7.76. The number of primary amides is 1. The van der Waals surface area contributed by atoms with Gasteiger partial charge in [0.05, 0.1) is 11.1 Å². The number of allylic oxidation sites excluding steroid dienone is 1. The van der Waals surface area contributed by atoms with Gasteiger partial charge in [-0.1, -0.05) is 6.92 Å². The molecule has 2 fully saturated rings. The molecule has 1 aromatic carbocycles. The zero-order valence-electron chi connectivity index (χ0n) is 16.7. The van der Waals surface area contributed by atoms with E-state index in [2.05, 4.69) is 21.8 Å². The standard InChI is InChI=1S/C21H28FN5O2/c1-21(4-6-27(7-5-21)14-2-8-29-9-3-14)16(12-23)20-25-17-11-13(22)10-15(19(24)28)18(17)26-20/h10-12,14H,2-9,23H2,1H3,(H2,24,28)(H,25,26). The number of likely N-dealkylation sites (tertiary alicyclic amines) is 1. The summed E-state index contributed by atoms with van der Waals surface area (Å²) in [6.07, 6.45) is 5.65. The number of nitrogens with two attached hydrogens (primary N) is 2. The lowest BCUT2D eigenvalue weighted by atomic mass is 9.73. The number of aromatic amines is 1. The molecule has 0 spiro atoms. The third-order valence-electron chi connectivity index (χ3n) is 6.50. The van der Waals surface area contributed by atoms with Gasteiger partial charge in [-0.25, -0.2) is 9.37 Å². The van der Waals surface area contributed by atoms with Crippen LogP contribution in [-0.4, -0.2) is 53.1 Å². The number of nitrogens with one attached hydrogen (secondary N) is 1. The molecule has 0 atom stereocenters. The number of fused-ring (bicyclic) bond motifs is 1. The number of imidazole rings is 1. The number of H-pyrrole nitrogens is 1. The molecule has 156 valence electrons. The van der Waals surface area contributed by atoms with Gasteiger partial charge < -0.3 is 26.1 Å². The maximum atomic E-state index is 13.9. The number of hydrogen-bond acceptors (Lipinski definition) is 5. The number of piperidine rings is 1. The molecule has 0 radical (unpaired) electrons. The minimum Gasteiger partial charge on any atom is -0.404 e. The third kappa shape index (κ3) is 3.74. The van der Waals surface area contributed by atoms with E-state index < -0.39 is 11.7 Å². The molecule has 5 N–H and O–H groups in total. The second-order valence-electron chi connectivity index (χ2n) is 8.32. The van der Waals surface area contributed by atoms with Gasteiger partial charge in [-0.3, -0.25) is 4.79 Å². The van der Waals surface area contributed by atoms with Crippen LogP contribution in [0.3, 0.4) is 0 Å². The fourth-order valence-electron chi connectivity index (χ4n) is 4.67. The quantitative estimate of drug-likeness (QED) is 0.729. The van der Waals surface area contributed by atoms with Crippen molar-refractivity contribution in [2.45, 2.75) is 38.6 Å². The number of aromatic nitrogens is 2. The molecule has 0 unspecified atom stereocenters. The van der Waals surface area contributed by atoms with E-state index in [1.54, 1.807) is 6.20 Å². The number of carbonyl (C=O) groups excluding carboxylic acids is 1. The van der Waals surface area contributed by atoms with Crippen molar-refractivity contribution in [1.29, 1.82) is 0 Å². The first-order valence-electron chi connectivity index (χ1n) is 10.1. The number of amides is 1. The molecule has 29 heavy (non-hydrogen) atoms. The van der Waals surface area contributed by atoms with E-state index in [1.807, 2.05) is 0 Å². The molecule has 1 amide bonds. The Labute approximate surface area is 169 Å². The minimum atomic E-state index is -0.707. The highest BCUT2D eigenvalue weighted by atomic mass is 19.1. The highest BCUT2D eigenvalue weighted by Crippen LogP contribution is 2.43. The molecule has 2 aliphatic rings. The monoisotopic (exact) mass is 401 g/mol. The summed E-state index contributed by atoms with van der Waals surface area (Å²) >= 11 is 0. The smallest absolute Gasteiger partial charge is 0.251 e. The van der Waals surface area contributed by atoms with E-state index in [-0.39, 0.29) is 11.0 Å². The Hall–Kier alpha value is -2.45.